The van der Waals surface area contributed by atoms with Crippen molar-refractivity contribution in [1.29, 1.82) is 0 Å². The number of nitrogens with zero attached hydrogens (tertiary/aromatic N) is 1. The molecule has 154 valence electrons. The van der Waals surface area contributed by atoms with Crippen molar-refractivity contribution in [1.82, 2.24) is 15.6 Å². The lowest BCUT2D eigenvalue weighted by Gasteiger charge is -2.14. The maximum Gasteiger partial charge on any atom is 0.294 e. The Hall–Kier alpha value is -2.85. The molecule has 4 N–H and O–H groups in total. The largest absolute Gasteiger partial charge is 0.490 e. The molecule has 0 spiro atoms. The first-order valence-electron chi connectivity index (χ1n) is 9.03. The maximum atomic E-state index is 11.6. The number of aromatic nitrogens is 1. The predicted molar refractivity (Wildman–Crippen MR) is 103 cm³/mol. The Balaban J connectivity index is 1.60. The molecule has 2 rings (SSSR count). The van der Waals surface area contributed by atoms with Gasteiger partial charge in [0.05, 0.1) is 6.42 Å². The number of H-pyrrole nitrogens is 1. The molecule has 1 heterocycles. The molecule has 10 nitrogen and oxygen atoms in total. The van der Waals surface area contributed by atoms with Crippen molar-refractivity contribution in [2.75, 3.05) is 26.2 Å². The number of carbonyl (C=O) groups excluding carboxylic acids is 1. The third-order valence-electron chi connectivity index (χ3n) is 3.93. The molecule has 0 saturated carbocycles. The van der Waals surface area contributed by atoms with Crippen molar-refractivity contribution >= 4 is 16.8 Å². The molecule has 0 radical (unpaired) electrons. The zero-order valence-corrected chi connectivity index (χ0v) is 15.9. The summed E-state index contributed by atoms with van der Waals surface area (Å²) >= 11 is 0. The van der Waals surface area contributed by atoms with E-state index in [4.69, 9.17) is 4.74 Å². The maximum absolute atomic E-state index is 11.6. The van der Waals surface area contributed by atoms with E-state index in [1.807, 2.05) is 31.2 Å². The Morgan fingerprint density at radius 3 is 2.93 bits per heavy atom. The quantitative estimate of drug-likeness (QED) is 0.238. The smallest absolute Gasteiger partial charge is 0.294 e. The molecule has 1 aromatic carbocycles. The molecule has 2 aromatic rings. The molecule has 0 aliphatic carbocycles. The third-order valence-corrected chi connectivity index (χ3v) is 3.93. The zero-order chi connectivity index (χ0) is 20.5. The summed E-state index contributed by atoms with van der Waals surface area (Å²) in [7, 11) is 0. The number of rotatable bonds is 12. The van der Waals surface area contributed by atoms with E-state index in [9.17, 15) is 20.0 Å². The molecule has 1 amide bonds. The van der Waals surface area contributed by atoms with Gasteiger partial charge >= 0.3 is 0 Å². The monoisotopic (exact) mass is 394 g/mol. The van der Waals surface area contributed by atoms with Gasteiger partial charge in [-0.1, -0.05) is 6.07 Å². The van der Waals surface area contributed by atoms with Crippen molar-refractivity contribution in [2.24, 2.45) is 0 Å². The third kappa shape index (κ3) is 7.05. The molecule has 0 aliphatic rings. The van der Waals surface area contributed by atoms with E-state index in [2.05, 4.69) is 20.5 Å². The Morgan fingerprint density at radius 2 is 2.18 bits per heavy atom. The van der Waals surface area contributed by atoms with Crippen LogP contribution >= 0.6 is 0 Å². The number of amides is 1. The Kier molecular flexibility index (Phi) is 8.02. The van der Waals surface area contributed by atoms with Gasteiger partial charge in [-0.15, -0.1) is 10.1 Å². The van der Waals surface area contributed by atoms with E-state index in [-0.39, 0.29) is 18.9 Å². The number of fused-ring (bicyclic) bond motifs is 1. The van der Waals surface area contributed by atoms with Gasteiger partial charge in [-0.2, -0.15) is 0 Å². The summed E-state index contributed by atoms with van der Waals surface area (Å²) < 4.78 is 5.72. The molecule has 1 aromatic heterocycles. The lowest BCUT2D eigenvalue weighted by Crippen LogP contribution is -2.37. The lowest BCUT2D eigenvalue weighted by atomic mass is 10.2. The highest BCUT2D eigenvalue weighted by molar-refractivity contribution is 5.86. The van der Waals surface area contributed by atoms with E-state index in [0.717, 1.165) is 16.6 Å². The number of aromatic amines is 1. The summed E-state index contributed by atoms with van der Waals surface area (Å²) in [5.74, 6) is 0.370. The second-order valence-corrected chi connectivity index (χ2v) is 6.53. The van der Waals surface area contributed by atoms with Gasteiger partial charge in [0.1, 0.15) is 24.6 Å². The fourth-order valence-electron chi connectivity index (χ4n) is 2.71. The highest BCUT2D eigenvalue weighted by Crippen LogP contribution is 2.26. The van der Waals surface area contributed by atoms with Gasteiger partial charge in [0.15, 0.2) is 0 Å². The molecule has 10 heteroatoms. The van der Waals surface area contributed by atoms with Crippen LogP contribution in [0, 0.1) is 17.0 Å². The molecule has 0 fully saturated rings. The predicted octanol–water partition coefficient (Wildman–Crippen LogP) is 0.909. The van der Waals surface area contributed by atoms with Crippen molar-refractivity contribution in [3.8, 4) is 5.75 Å². The molecular weight excluding hydrogens is 368 g/mol. The average Bonchev–Trinajstić information content (AvgIpc) is 2.99. The van der Waals surface area contributed by atoms with Crippen LogP contribution < -0.4 is 15.4 Å². The average molecular weight is 394 g/mol. The zero-order valence-electron chi connectivity index (χ0n) is 15.9. The van der Waals surface area contributed by atoms with Crippen LogP contribution in [0.15, 0.2) is 24.3 Å². The van der Waals surface area contributed by atoms with E-state index in [1.165, 1.54) is 6.92 Å². The van der Waals surface area contributed by atoms with E-state index in [1.54, 1.807) is 0 Å². The Bertz CT molecular complexity index is 793. The van der Waals surface area contributed by atoms with Gasteiger partial charge in [0.25, 0.3) is 5.09 Å². The normalized spacial score (nSPS) is 13.1. The van der Waals surface area contributed by atoms with Gasteiger partial charge in [0.2, 0.25) is 5.91 Å². The minimum absolute atomic E-state index is 0.0956. The molecule has 0 bridgehead atoms. The first-order chi connectivity index (χ1) is 13.3. The van der Waals surface area contributed by atoms with Crippen molar-refractivity contribution < 1.29 is 24.6 Å². The summed E-state index contributed by atoms with van der Waals surface area (Å²) in [6.45, 7) is 4.64. The summed E-state index contributed by atoms with van der Waals surface area (Å²) in [5, 5.41) is 25.9. The van der Waals surface area contributed by atoms with Crippen molar-refractivity contribution in [3.05, 3.63) is 40.1 Å². The SMILES string of the molecule is Cc1cc2c(OCC(O)CNCCNC(=O)CC(C)O[N+](=O)[O-])cccc2[nH]1. The van der Waals surface area contributed by atoms with Crippen LogP contribution in [0.2, 0.25) is 0 Å². The number of benzene rings is 1. The topological polar surface area (TPSA) is 139 Å². The van der Waals surface area contributed by atoms with Crippen LogP contribution in [0.4, 0.5) is 0 Å². The molecule has 0 saturated heterocycles. The van der Waals surface area contributed by atoms with Crippen molar-refractivity contribution in [3.63, 3.8) is 0 Å². The first kappa shape index (κ1) is 21.5. The second-order valence-electron chi connectivity index (χ2n) is 6.53. The van der Waals surface area contributed by atoms with E-state index in [0.29, 0.717) is 25.4 Å². The summed E-state index contributed by atoms with van der Waals surface area (Å²) in [6, 6.07) is 7.70. The van der Waals surface area contributed by atoms with Gasteiger partial charge in [-0.05, 0) is 32.0 Å². The van der Waals surface area contributed by atoms with Crippen LogP contribution in [-0.4, -0.2) is 59.5 Å². The lowest BCUT2D eigenvalue weighted by molar-refractivity contribution is -0.767. The molecular formula is C18H26N4O6. The summed E-state index contributed by atoms with van der Waals surface area (Å²) in [5.41, 5.74) is 2.02. The van der Waals surface area contributed by atoms with Crippen LogP contribution in [0.25, 0.3) is 10.9 Å². The molecule has 2 unspecified atom stereocenters. The Morgan fingerprint density at radius 1 is 1.39 bits per heavy atom. The number of aliphatic hydroxyl groups is 1. The Labute approximate surface area is 162 Å². The number of aryl methyl sites for hydroxylation is 1. The number of nitrogens with one attached hydrogen (secondary N) is 3. The summed E-state index contributed by atoms with van der Waals surface area (Å²) in [4.78, 5) is 29.3. The van der Waals surface area contributed by atoms with Crippen LogP contribution in [0.5, 0.6) is 5.75 Å². The first-order valence-corrected chi connectivity index (χ1v) is 9.03. The molecule has 0 aliphatic heterocycles. The number of aliphatic hydroxyl groups excluding tert-OH is 1. The van der Waals surface area contributed by atoms with Crippen LogP contribution in [0.1, 0.15) is 19.0 Å². The van der Waals surface area contributed by atoms with E-state index >= 15 is 0 Å². The fraction of sp³-hybridized carbons (Fsp3) is 0.500. The fourth-order valence-corrected chi connectivity index (χ4v) is 2.71. The highest BCUT2D eigenvalue weighted by Gasteiger charge is 2.12. The summed E-state index contributed by atoms with van der Waals surface area (Å²) in [6.07, 6.45) is -1.60. The van der Waals surface area contributed by atoms with E-state index < -0.39 is 17.3 Å². The number of ether oxygens (including phenoxy) is 1. The molecule has 2 atom stereocenters. The van der Waals surface area contributed by atoms with Crippen LogP contribution in [-0.2, 0) is 9.63 Å². The van der Waals surface area contributed by atoms with Gasteiger partial charge in [-0.25, -0.2) is 0 Å². The number of hydrogen-bond acceptors (Lipinski definition) is 7. The highest BCUT2D eigenvalue weighted by atomic mass is 17.0. The van der Waals surface area contributed by atoms with Crippen molar-refractivity contribution in [2.45, 2.75) is 32.5 Å². The second kappa shape index (κ2) is 10.5. The van der Waals surface area contributed by atoms with Gasteiger partial charge in [0, 0.05) is 36.2 Å². The van der Waals surface area contributed by atoms with Gasteiger partial charge < -0.3 is 30.3 Å². The number of hydrogen-bond donors (Lipinski definition) is 4. The van der Waals surface area contributed by atoms with Crippen LogP contribution in [0.3, 0.4) is 0 Å². The minimum Gasteiger partial charge on any atom is -0.490 e. The minimum atomic E-state index is -0.916. The number of carbonyl (C=O) groups is 1. The molecule has 28 heavy (non-hydrogen) atoms. The standard InChI is InChI=1S/C18H26N4O6/c1-12-8-15-16(21-12)4-3-5-17(15)27-11-14(23)10-19-6-7-20-18(24)9-13(2)28-22(25)26/h3-5,8,13-14,19,21,23H,6-7,9-11H2,1-2H3,(H,20,24). The van der Waals surface area contributed by atoms with Gasteiger partial charge in [-0.3, -0.25) is 4.79 Å².